The zero-order valence-electron chi connectivity index (χ0n) is 24.6. The molecular formula is C28H55O10-. The highest BCUT2D eigenvalue weighted by Gasteiger charge is 2.22. The minimum Gasteiger partial charge on any atom is -0.550 e. The summed E-state index contributed by atoms with van der Waals surface area (Å²) in [6.45, 7) is 15.8. The van der Waals surface area contributed by atoms with E-state index in [-0.39, 0.29) is 24.7 Å². The van der Waals surface area contributed by atoms with Crippen LogP contribution in [0.4, 0.5) is 0 Å². The van der Waals surface area contributed by atoms with Crippen molar-refractivity contribution < 1.29 is 47.8 Å². The van der Waals surface area contributed by atoms with Gasteiger partial charge in [-0.1, -0.05) is 13.3 Å². The smallest absolute Gasteiger partial charge is 0.160 e. The molecule has 10 nitrogen and oxygen atoms in total. The van der Waals surface area contributed by atoms with Crippen LogP contribution in [0, 0.1) is 0 Å². The Hall–Kier alpha value is -0.850. The van der Waals surface area contributed by atoms with E-state index in [1.54, 1.807) is 0 Å². The minimum atomic E-state index is -1.02. The molecule has 3 atom stereocenters. The van der Waals surface area contributed by atoms with Crippen LogP contribution < -0.4 is 5.11 Å². The summed E-state index contributed by atoms with van der Waals surface area (Å²) >= 11 is 0. The SMILES string of the molecule is CCOCCOCCOC(CC(CC(CC)OCCOC(C)C)OCCOCC)OCCCCCC(=O)[O-]. The van der Waals surface area contributed by atoms with Crippen molar-refractivity contribution in [1.82, 2.24) is 0 Å². The van der Waals surface area contributed by atoms with Crippen LogP contribution in [0.2, 0.25) is 0 Å². The lowest BCUT2D eigenvalue weighted by molar-refractivity contribution is -0.305. The van der Waals surface area contributed by atoms with Crippen LogP contribution in [-0.2, 0) is 42.7 Å². The Kier molecular flexibility index (Phi) is 27.1. The Morgan fingerprint density at radius 2 is 1.16 bits per heavy atom. The lowest BCUT2D eigenvalue weighted by atomic mass is 10.1. The summed E-state index contributed by atoms with van der Waals surface area (Å²) in [7, 11) is 0. The van der Waals surface area contributed by atoms with Crippen molar-refractivity contribution in [3.8, 4) is 0 Å². The van der Waals surface area contributed by atoms with Crippen LogP contribution in [-0.4, -0.2) is 103 Å². The molecule has 38 heavy (non-hydrogen) atoms. The van der Waals surface area contributed by atoms with E-state index in [0.717, 1.165) is 19.3 Å². The molecule has 0 aliphatic carbocycles. The molecule has 0 N–H and O–H groups in total. The zero-order chi connectivity index (χ0) is 28.3. The average Bonchev–Trinajstić information content (AvgIpc) is 2.88. The molecule has 10 heteroatoms. The maximum absolute atomic E-state index is 10.6. The number of rotatable bonds is 30. The normalized spacial score (nSPS) is 14.2. The first kappa shape index (κ1) is 37.1. The lowest BCUT2D eigenvalue weighted by Gasteiger charge is -2.27. The van der Waals surface area contributed by atoms with E-state index in [0.29, 0.717) is 91.9 Å². The van der Waals surface area contributed by atoms with Crippen molar-refractivity contribution in [3.05, 3.63) is 0 Å². The first-order valence-electron chi connectivity index (χ1n) is 14.4. The van der Waals surface area contributed by atoms with Gasteiger partial charge in [-0.05, 0) is 59.8 Å². The molecule has 0 saturated carbocycles. The predicted octanol–water partition coefficient (Wildman–Crippen LogP) is 3.13. The molecular weight excluding hydrogens is 496 g/mol. The molecule has 0 aliphatic rings. The van der Waals surface area contributed by atoms with Gasteiger partial charge in [0, 0.05) is 32.2 Å². The second kappa shape index (κ2) is 27.7. The minimum absolute atomic E-state index is 0.0232. The maximum atomic E-state index is 10.6. The van der Waals surface area contributed by atoms with E-state index in [4.69, 9.17) is 37.9 Å². The molecule has 0 heterocycles. The van der Waals surface area contributed by atoms with E-state index in [1.165, 1.54) is 0 Å². The predicted molar refractivity (Wildman–Crippen MR) is 143 cm³/mol. The van der Waals surface area contributed by atoms with Crippen LogP contribution in [0.15, 0.2) is 0 Å². The third-order valence-corrected chi connectivity index (χ3v) is 5.55. The van der Waals surface area contributed by atoms with E-state index in [9.17, 15) is 9.90 Å². The van der Waals surface area contributed by atoms with Crippen molar-refractivity contribution in [2.45, 2.75) is 104 Å². The highest BCUT2D eigenvalue weighted by atomic mass is 16.7. The van der Waals surface area contributed by atoms with Crippen molar-refractivity contribution in [2.24, 2.45) is 0 Å². The number of carboxylic acid groups (broad SMARTS) is 1. The standard InChI is InChI=1S/C28H56O10/c1-6-25(35-21-20-34-24(4)5)22-26(36-18-16-32-8-3)23-28(37-13-11-9-10-12-27(29)30)38-19-17-33-15-14-31-7-2/h24-26,28H,6-23H2,1-5H3,(H,29,30)/p-1. The van der Waals surface area contributed by atoms with Gasteiger partial charge in [-0.25, -0.2) is 0 Å². The van der Waals surface area contributed by atoms with E-state index >= 15 is 0 Å². The van der Waals surface area contributed by atoms with Gasteiger partial charge in [-0.15, -0.1) is 0 Å². The van der Waals surface area contributed by atoms with Crippen molar-refractivity contribution in [3.63, 3.8) is 0 Å². The molecule has 0 aromatic heterocycles. The van der Waals surface area contributed by atoms with Gasteiger partial charge in [0.05, 0.1) is 71.2 Å². The molecule has 0 aromatic carbocycles. The van der Waals surface area contributed by atoms with Gasteiger partial charge in [0.2, 0.25) is 0 Å². The van der Waals surface area contributed by atoms with Crippen molar-refractivity contribution in [1.29, 1.82) is 0 Å². The molecule has 0 rings (SSSR count). The average molecular weight is 552 g/mol. The fraction of sp³-hybridized carbons (Fsp3) is 0.964. The molecule has 228 valence electrons. The molecule has 0 radical (unpaired) electrons. The van der Waals surface area contributed by atoms with Gasteiger partial charge in [0.15, 0.2) is 6.29 Å². The van der Waals surface area contributed by atoms with Gasteiger partial charge in [-0.2, -0.15) is 0 Å². The Morgan fingerprint density at radius 3 is 1.82 bits per heavy atom. The Balaban J connectivity index is 4.90. The Labute approximate surface area is 230 Å². The van der Waals surface area contributed by atoms with Gasteiger partial charge < -0.3 is 47.8 Å². The quantitative estimate of drug-likeness (QED) is 0.0974. The van der Waals surface area contributed by atoms with Crippen LogP contribution in [0.5, 0.6) is 0 Å². The molecule has 0 spiro atoms. The van der Waals surface area contributed by atoms with Crippen LogP contribution in [0.1, 0.15) is 79.6 Å². The highest BCUT2D eigenvalue weighted by Crippen LogP contribution is 2.18. The summed E-state index contributed by atoms with van der Waals surface area (Å²) in [5, 5.41) is 10.6. The first-order valence-corrected chi connectivity index (χ1v) is 14.4. The van der Waals surface area contributed by atoms with Gasteiger partial charge in [0.1, 0.15) is 0 Å². The number of hydrogen-bond acceptors (Lipinski definition) is 10. The number of carbonyl (C=O) groups is 1. The topological polar surface area (TPSA) is 114 Å². The van der Waals surface area contributed by atoms with Gasteiger partial charge in [-0.3, -0.25) is 0 Å². The lowest BCUT2D eigenvalue weighted by Crippen LogP contribution is -2.32. The summed E-state index contributed by atoms with van der Waals surface area (Å²) in [5.74, 6) is -1.02. The molecule has 0 saturated heterocycles. The molecule has 3 unspecified atom stereocenters. The maximum Gasteiger partial charge on any atom is 0.160 e. The van der Waals surface area contributed by atoms with Crippen molar-refractivity contribution >= 4 is 5.97 Å². The molecule has 0 aromatic rings. The third-order valence-electron chi connectivity index (χ3n) is 5.55. The number of aliphatic carboxylic acids is 1. The second-order valence-corrected chi connectivity index (χ2v) is 9.14. The number of hydrogen-bond donors (Lipinski definition) is 0. The van der Waals surface area contributed by atoms with E-state index in [2.05, 4.69) is 6.92 Å². The fourth-order valence-electron chi connectivity index (χ4n) is 3.56. The Bertz CT molecular complexity index is 506. The zero-order valence-corrected chi connectivity index (χ0v) is 24.6. The molecule has 0 bridgehead atoms. The summed E-state index contributed by atoms with van der Waals surface area (Å²) in [6, 6.07) is 0. The van der Waals surface area contributed by atoms with E-state index in [1.807, 2.05) is 27.7 Å². The van der Waals surface area contributed by atoms with Crippen LogP contribution in [0.25, 0.3) is 0 Å². The number of carbonyl (C=O) groups excluding carboxylic acids is 1. The third kappa shape index (κ3) is 25.4. The monoisotopic (exact) mass is 551 g/mol. The summed E-state index contributed by atoms with van der Waals surface area (Å²) in [6.07, 6.45) is 3.78. The summed E-state index contributed by atoms with van der Waals surface area (Å²) in [4.78, 5) is 10.6. The summed E-state index contributed by atoms with van der Waals surface area (Å²) < 4.78 is 46.2. The first-order chi connectivity index (χ1) is 18.4. The highest BCUT2D eigenvalue weighted by molar-refractivity contribution is 5.64. The summed E-state index contributed by atoms with van der Waals surface area (Å²) in [5.41, 5.74) is 0. The van der Waals surface area contributed by atoms with Crippen molar-refractivity contribution in [2.75, 3.05) is 72.7 Å². The number of unbranched alkanes of at least 4 members (excludes halogenated alkanes) is 2. The van der Waals surface area contributed by atoms with Gasteiger partial charge >= 0.3 is 0 Å². The molecule has 0 amide bonds. The van der Waals surface area contributed by atoms with E-state index < -0.39 is 12.3 Å². The van der Waals surface area contributed by atoms with Crippen LogP contribution in [0.3, 0.4) is 0 Å². The largest absolute Gasteiger partial charge is 0.550 e. The Morgan fingerprint density at radius 1 is 0.605 bits per heavy atom. The second-order valence-electron chi connectivity index (χ2n) is 9.14. The molecule has 0 aliphatic heterocycles. The fourth-order valence-corrected chi connectivity index (χ4v) is 3.56. The number of carboxylic acids is 1. The molecule has 0 fully saturated rings. The number of ether oxygens (including phenoxy) is 8. The van der Waals surface area contributed by atoms with Gasteiger partial charge in [0.25, 0.3) is 0 Å². The van der Waals surface area contributed by atoms with Crippen LogP contribution >= 0.6 is 0 Å².